The predicted octanol–water partition coefficient (Wildman–Crippen LogP) is 2.36. The molecule has 194 valence electrons. The number of benzene rings is 2. The Morgan fingerprint density at radius 1 is 1.33 bits per heavy atom. The van der Waals surface area contributed by atoms with Crippen LogP contribution in [0.4, 0.5) is 4.39 Å². The number of likely N-dealkylation sites (N-methyl/N-ethyl adjacent to an activating group) is 1. The normalized spacial score (nSPS) is 20.1. The average molecular weight is 519 g/mol. The van der Waals surface area contributed by atoms with Crippen LogP contribution in [0, 0.1) is 23.6 Å². The van der Waals surface area contributed by atoms with Gasteiger partial charge in [0.15, 0.2) is 0 Å². The van der Waals surface area contributed by atoms with Gasteiger partial charge in [-0.05, 0) is 37.3 Å². The van der Waals surface area contributed by atoms with Crippen molar-refractivity contribution in [1.29, 1.82) is 0 Å². The van der Waals surface area contributed by atoms with Gasteiger partial charge in [-0.15, -0.1) is 0 Å². The molecule has 0 bridgehead atoms. The molecule has 36 heavy (non-hydrogen) atoms. The molecule has 2 aromatic rings. The van der Waals surface area contributed by atoms with Crippen LogP contribution in [0.2, 0.25) is 0 Å². The zero-order chi connectivity index (χ0) is 26.5. The topological polar surface area (TPSA) is 96.4 Å². The summed E-state index contributed by atoms with van der Waals surface area (Å²) < 4.78 is 53.7. The molecule has 0 fully saturated rings. The number of aliphatic hydroxyl groups is 1. The summed E-state index contributed by atoms with van der Waals surface area (Å²) >= 11 is 0. The summed E-state index contributed by atoms with van der Waals surface area (Å²) in [4.78, 5) is 14.2. The second-order valence-electron chi connectivity index (χ2n) is 8.80. The molecule has 0 spiro atoms. The van der Waals surface area contributed by atoms with Crippen molar-refractivity contribution in [3.05, 3.63) is 59.4 Å². The lowest BCUT2D eigenvalue weighted by Gasteiger charge is -2.37. The van der Waals surface area contributed by atoms with Crippen molar-refractivity contribution in [2.45, 2.75) is 30.9 Å². The average Bonchev–Trinajstić information content (AvgIpc) is 2.85. The Kier molecular flexibility index (Phi) is 9.08. The highest BCUT2D eigenvalue weighted by atomic mass is 32.2. The van der Waals surface area contributed by atoms with Gasteiger partial charge >= 0.3 is 0 Å². The van der Waals surface area contributed by atoms with Crippen molar-refractivity contribution < 1.29 is 32.2 Å². The number of amides is 1. The Hall–Kier alpha value is -2.97. The Labute approximate surface area is 211 Å². The molecule has 1 heterocycles. The lowest BCUT2D eigenvalue weighted by Crippen LogP contribution is -2.50. The highest BCUT2D eigenvalue weighted by Crippen LogP contribution is 2.34. The molecule has 0 aliphatic carbocycles. The molecule has 0 unspecified atom stereocenters. The van der Waals surface area contributed by atoms with E-state index in [4.69, 9.17) is 9.47 Å². The fraction of sp³-hybridized carbons (Fsp3) is 0.423. The van der Waals surface area contributed by atoms with Crippen molar-refractivity contribution in [2.24, 2.45) is 5.92 Å². The molecular weight excluding hydrogens is 487 g/mol. The zero-order valence-electron chi connectivity index (χ0n) is 20.8. The van der Waals surface area contributed by atoms with Gasteiger partial charge in [0, 0.05) is 38.2 Å². The first kappa shape index (κ1) is 27.6. The number of carbonyl (C=O) groups excluding carboxylic acids is 1. The number of ether oxygens (including phenoxy) is 2. The van der Waals surface area contributed by atoms with Crippen LogP contribution < -0.4 is 4.74 Å². The maximum Gasteiger partial charge on any atom is 0.256 e. The number of hydrogen-bond acceptors (Lipinski definition) is 6. The maximum atomic E-state index is 14.2. The molecular formula is C26H31FN2O6S. The van der Waals surface area contributed by atoms with Gasteiger partial charge < -0.3 is 19.5 Å². The van der Waals surface area contributed by atoms with E-state index in [0.717, 1.165) is 0 Å². The predicted molar refractivity (Wildman–Crippen MR) is 133 cm³/mol. The first-order chi connectivity index (χ1) is 17.1. The molecule has 0 aromatic heterocycles. The maximum absolute atomic E-state index is 14.2. The number of halogens is 1. The van der Waals surface area contributed by atoms with E-state index in [2.05, 4.69) is 11.8 Å². The van der Waals surface area contributed by atoms with E-state index < -0.39 is 33.9 Å². The highest BCUT2D eigenvalue weighted by molar-refractivity contribution is 7.89. The van der Waals surface area contributed by atoms with Gasteiger partial charge in [0.1, 0.15) is 29.2 Å². The van der Waals surface area contributed by atoms with Gasteiger partial charge in [-0.3, -0.25) is 4.79 Å². The third-order valence-electron chi connectivity index (χ3n) is 6.02. The van der Waals surface area contributed by atoms with Gasteiger partial charge in [0.05, 0.1) is 18.7 Å². The zero-order valence-corrected chi connectivity index (χ0v) is 21.6. The lowest BCUT2D eigenvalue weighted by atomic mass is 10.0. The number of fused-ring (bicyclic) bond motifs is 1. The van der Waals surface area contributed by atoms with Crippen LogP contribution in [0.1, 0.15) is 29.8 Å². The summed E-state index contributed by atoms with van der Waals surface area (Å²) in [5.74, 6) is 4.31. The summed E-state index contributed by atoms with van der Waals surface area (Å²) in [6.45, 7) is 3.42. The van der Waals surface area contributed by atoms with Crippen LogP contribution in [0.25, 0.3) is 0 Å². The van der Waals surface area contributed by atoms with Crippen LogP contribution in [-0.2, 0) is 14.8 Å². The molecule has 3 rings (SSSR count). The molecule has 3 atom stereocenters. The number of hydrogen-bond donors (Lipinski definition) is 1. The lowest BCUT2D eigenvalue weighted by molar-refractivity contribution is 0.0560. The quantitative estimate of drug-likeness (QED) is 0.590. The summed E-state index contributed by atoms with van der Waals surface area (Å²) in [5, 5.41) is 9.76. The van der Waals surface area contributed by atoms with E-state index >= 15 is 0 Å². The van der Waals surface area contributed by atoms with Crippen molar-refractivity contribution in [2.75, 3.05) is 40.5 Å². The smallest absolute Gasteiger partial charge is 0.256 e. The molecule has 0 radical (unpaired) electrons. The van der Waals surface area contributed by atoms with E-state index in [1.54, 1.807) is 32.2 Å². The van der Waals surface area contributed by atoms with E-state index in [1.807, 2.05) is 6.92 Å². The minimum Gasteiger partial charge on any atom is -0.487 e. The van der Waals surface area contributed by atoms with Crippen molar-refractivity contribution in [1.82, 2.24) is 9.21 Å². The monoisotopic (exact) mass is 518 g/mol. The second kappa shape index (κ2) is 11.8. The summed E-state index contributed by atoms with van der Waals surface area (Å²) in [7, 11) is -0.936. The standard InChI is InChI=1S/C26H31FN2O6S/c1-18-15-29(19(2)17-30)36(32,33)25-12-11-20(8-7-13-34-4)14-23(25)35-24(18)16-28(3)26(31)21-9-5-6-10-22(21)27/h5-6,9-12,14,18-19,24,30H,13,15-17H2,1-4H3/t18-,19+,24-/m1/s1. The number of carbonyl (C=O) groups is 1. The molecule has 1 aliphatic rings. The largest absolute Gasteiger partial charge is 0.487 e. The van der Waals surface area contributed by atoms with E-state index in [0.29, 0.717) is 5.56 Å². The number of methoxy groups -OCH3 is 1. The van der Waals surface area contributed by atoms with Gasteiger partial charge in [-0.25, -0.2) is 12.8 Å². The Bertz CT molecular complexity index is 1260. The Morgan fingerprint density at radius 2 is 2.06 bits per heavy atom. The van der Waals surface area contributed by atoms with Crippen LogP contribution in [0.15, 0.2) is 47.4 Å². The van der Waals surface area contributed by atoms with Crippen LogP contribution in [0.5, 0.6) is 5.75 Å². The summed E-state index contributed by atoms with van der Waals surface area (Å²) in [5.41, 5.74) is 0.471. The Morgan fingerprint density at radius 3 is 2.72 bits per heavy atom. The SMILES string of the molecule is COCC#Cc1ccc2c(c1)O[C@H](CN(C)C(=O)c1ccccc1F)[C@H](C)CN([C@@H](C)CO)S2(=O)=O. The molecule has 1 N–H and O–H groups in total. The van der Waals surface area contributed by atoms with Crippen LogP contribution in [-0.4, -0.2) is 81.2 Å². The van der Waals surface area contributed by atoms with Gasteiger partial charge in [-0.2, -0.15) is 4.31 Å². The van der Waals surface area contributed by atoms with E-state index in [1.165, 1.54) is 40.6 Å². The molecule has 2 aromatic carbocycles. The fourth-order valence-corrected chi connectivity index (χ4v) is 5.75. The summed E-state index contributed by atoms with van der Waals surface area (Å²) in [6, 6.07) is 9.60. The number of aliphatic hydroxyl groups excluding tert-OH is 1. The molecule has 10 heteroatoms. The van der Waals surface area contributed by atoms with Crippen molar-refractivity contribution in [3.63, 3.8) is 0 Å². The molecule has 0 saturated carbocycles. The third-order valence-corrected chi connectivity index (χ3v) is 8.04. The van der Waals surface area contributed by atoms with Crippen molar-refractivity contribution >= 4 is 15.9 Å². The Balaban J connectivity index is 2.01. The van der Waals surface area contributed by atoms with Crippen LogP contribution >= 0.6 is 0 Å². The van der Waals surface area contributed by atoms with E-state index in [-0.39, 0.29) is 48.4 Å². The first-order valence-electron chi connectivity index (χ1n) is 11.5. The fourth-order valence-electron chi connectivity index (χ4n) is 3.92. The first-order valence-corrected chi connectivity index (χ1v) is 12.9. The molecule has 8 nitrogen and oxygen atoms in total. The van der Waals surface area contributed by atoms with Crippen molar-refractivity contribution in [3.8, 4) is 17.6 Å². The van der Waals surface area contributed by atoms with Crippen LogP contribution in [0.3, 0.4) is 0 Å². The van der Waals surface area contributed by atoms with Gasteiger partial charge in [0.2, 0.25) is 10.0 Å². The molecule has 0 saturated heterocycles. The molecule has 1 amide bonds. The second-order valence-corrected chi connectivity index (χ2v) is 10.7. The number of rotatable bonds is 6. The minimum atomic E-state index is -4.00. The summed E-state index contributed by atoms with van der Waals surface area (Å²) in [6.07, 6.45) is -0.629. The van der Waals surface area contributed by atoms with Gasteiger partial charge in [-0.1, -0.05) is 30.9 Å². The number of nitrogens with zero attached hydrogens (tertiary/aromatic N) is 2. The van der Waals surface area contributed by atoms with E-state index in [9.17, 15) is 22.7 Å². The molecule has 1 aliphatic heterocycles. The van der Waals surface area contributed by atoms with Gasteiger partial charge in [0.25, 0.3) is 5.91 Å². The minimum absolute atomic E-state index is 0.0555. The highest BCUT2D eigenvalue weighted by Gasteiger charge is 2.38. The number of sulfonamides is 1. The third kappa shape index (κ3) is 6.05.